The normalized spacial score (nSPS) is 17.2. The molecule has 2 N–H and O–H groups in total. The minimum Gasteiger partial charge on any atom is -0.492 e. The van der Waals surface area contributed by atoms with Crippen molar-refractivity contribution in [1.82, 2.24) is 10.6 Å². The number of carbonyl (C=O) groups is 1. The molecule has 1 aliphatic rings. The largest absolute Gasteiger partial charge is 0.492 e. The lowest BCUT2D eigenvalue weighted by molar-refractivity contribution is -0.137. The maximum atomic E-state index is 12.6. The summed E-state index contributed by atoms with van der Waals surface area (Å²) in [6, 6.07) is 11.5. The van der Waals surface area contributed by atoms with Crippen LogP contribution in [0.4, 0.5) is 13.2 Å². The van der Waals surface area contributed by atoms with Gasteiger partial charge < -0.3 is 10.1 Å². The van der Waals surface area contributed by atoms with Crippen LogP contribution in [0, 0.1) is 0 Å². The lowest BCUT2D eigenvalue weighted by Crippen LogP contribution is -2.37. The van der Waals surface area contributed by atoms with Crippen molar-refractivity contribution in [2.45, 2.75) is 18.8 Å². The highest BCUT2D eigenvalue weighted by atomic mass is 19.4. The molecule has 0 bridgehead atoms. The number of nitrogens with one attached hydrogen (secondary N) is 2. The van der Waals surface area contributed by atoms with Gasteiger partial charge in [-0.2, -0.15) is 13.2 Å². The Morgan fingerprint density at radius 1 is 1.16 bits per heavy atom. The fraction of sp³-hybridized carbons (Fsp3) is 0.278. The second-order valence-corrected chi connectivity index (χ2v) is 5.69. The van der Waals surface area contributed by atoms with Crippen molar-refractivity contribution in [2.24, 2.45) is 0 Å². The summed E-state index contributed by atoms with van der Waals surface area (Å²) in [7, 11) is 0. The Morgan fingerprint density at radius 2 is 1.88 bits per heavy atom. The summed E-state index contributed by atoms with van der Waals surface area (Å²) in [6.07, 6.45) is -4.37. The molecule has 2 aromatic carbocycles. The Kier molecular flexibility index (Phi) is 4.94. The molecule has 0 spiro atoms. The number of benzene rings is 2. The number of hydrogen-bond donors (Lipinski definition) is 2. The van der Waals surface area contributed by atoms with E-state index in [4.69, 9.17) is 4.74 Å². The summed E-state index contributed by atoms with van der Waals surface area (Å²) < 4.78 is 43.3. The van der Waals surface area contributed by atoms with E-state index in [9.17, 15) is 18.0 Å². The van der Waals surface area contributed by atoms with Gasteiger partial charge in [-0.05, 0) is 23.8 Å². The molecule has 0 aromatic heterocycles. The van der Waals surface area contributed by atoms with E-state index in [0.29, 0.717) is 24.5 Å². The molecule has 0 saturated carbocycles. The van der Waals surface area contributed by atoms with Crippen LogP contribution >= 0.6 is 0 Å². The van der Waals surface area contributed by atoms with Gasteiger partial charge >= 0.3 is 6.18 Å². The molecule has 7 heteroatoms. The number of fused-ring (bicyclic) bond motifs is 1. The van der Waals surface area contributed by atoms with Gasteiger partial charge in [-0.25, -0.2) is 0 Å². The van der Waals surface area contributed by atoms with Crippen LogP contribution < -0.4 is 15.4 Å². The van der Waals surface area contributed by atoms with E-state index in [1.165, 1.54) is 12.1 Å². The summed E-state index contributed by atoms with van der Waals surface area (Å²) in [5.41, 5.74) is 0.628. The topological polar surface area (TPSA) is 50.4 Å². The molecule has 3 rings (SSSR count). The van der Waals surface area contributed by atoms with Crippen molar-refractivity contribution in [3.05, 3.63) is 65.2 Å². The first kappa shape index (κ1) is 17.3. The van der Waals surface area contributed by atoms with Crippen LogP contribution in [-0.2, 0) is 17.5 Å². The van der Waals surface area contributed by atoms with Gasteiger partial charge in [-0.15, -0.1) is 0 Å². The van der Waals surface area contributed by atoms with E-state index in [2.05, 4.69) is 10.6 Å². The Balaban J connectivity index is 1.67. The highest BCUT2D eigenvalue weighted by Crippen LogP contribution is 2.29. The van der Waals surface area contributed by atoms with Crippen molar-refractivity contribution < 1.29 is 22.7 Å². The monoisotopic (exact) mass is 350 g/mol. The number of hydrogen-bond acceptors (Lipinski definition) is 3. The zero-order valence-electron chi connectivity index (χ0n) is 13.3. The molecule has 0 aliphatic carbocycles. The van der Waals surface area contributed by atoms with Gasteiger partial charge in [-0.3, -0.25) is 10.1 Å². The van der Waals surface area contributed by atoms with Gasteiger partial charge in [0.25, 0.3) is 0 Å². The second-order valence-electron chi connectivity index (χ2n) is 5.69. The summed E-state index contributed by atoms with van der Waals surface area (Å²) in [5.74, 6) is 0.403. The van der Waals surface area contributed by atoms with E-state index in [1.807, 2.05) is 18.2 Å². The van der Waals surface area contributed by atoms with E-state index in [1.54, 1.807) is 6.07 Å². The number of para-hydroxylation sites is 1. The molecule has 0 unspecified atom stereocenters. The summed E-state index contributed by atoms with van der Waals surface area (Å²) in [6.45, 7) is 1.13. The molecule has 132 valence electrons. The lowest BCUT2D eigenvalue weighted by atomic mass is 10.0. The molecular formula is C18H17F3N2O2. The number of rotatable bonds is 3. The molecule has 4 nitrogen and oxygen atoms in total. The van der Waals surface area contributed by atoms with Gasteiger partial charge in [-0.1, -0.05) is 30.3 Å². The summed E-state index contributed by atoms with van der Waals surface area (Å²) in [4.78, 5) is 12.5. The van der Waals surface area contributed by atoms with E-state index in [-0.39, 0.29) is 12.5 Å². The first-order valence-corrected chi connectivity index (χ1v) is 7.84. The minimum absolute atomic E-state index is 0.151. The standard InChI is InChI=1S/C18H17F3N2O2/c19-18(20,21)13-7-5-12(6-8-13)11-23-17(24)16-14-3-1-2-4-15(14)25-10-9-22-16/h1-8,16,22H,9-11H2,(H,23,24)/t16-/m0/s1. The number of halogens is 3. The predicted molar refractivity (Wildman–Crippen MR) is 86.0 cm³/mol. The number of ether oxygens (including phenoxy) is 1. The van der Waals surface area contributed by atoms with E-state index in [0.717, 1.165) is 17.7 Å². The fourth-order valence-electron chi connectivity index (χ4n) is 2.66. The van der Waals surface area contributed by atoms with Crippen LogP contribution in [0.2, 0.25) is 0 Å². The molecule has 1 heterocycles. The van der Waals surface area contributed by atoms with Crippen LogP contribution in [0.15, 0.2) is 48.5 Å². The van der Waals surface area contributed by atoms with Gasteiger partial charge in [0, 0.05) is 18.7 Å². The molecule has 0 radical (unpaired) electrons. The quantitative estimate of drug-likeness (QED) is 0.895. The number of alkyl halides is 3. The molecule has 0 saturated heterocycles. The van der Waals surface area contributed by atoms with Crippen LogP contribution in [0.3, 0.4) is 0 Å². The Morgan fingerprint density at radius 3 is 2.60 bits per heavy atom. The van der Waals surface area contributed by atoms with Crippen molar-refractivity contribution >= 4 is 5.91 Å². The van der Waals surface area contributed by atoms with Crippen molar-refractivity contribution in [3.63, 3.8) is 0 Å². The third-order valence-electron chi connectivity index (χ3n) is 3.95. The zero-order valence-corrected chi connectivity index (χ0v) is 13.3. The number of amides is 1. The molecule has 1 aliphatic heterocycles. The highest BCUT2D eigenvalue weighted by Gasteiger charge is 2.30. The first-order valence-electron chi connectivity index (χ1n) is 7.84. The highest BCUT2D eigenvalue weighted by molar-refractivity contribution is 5.84. The van der Waals surface area contributed by atoms with E-state index < -0.39 is 17.8 Å². The Hall–Kier alpha value is -2.54. The van der Waals surface area contributed by atoms with Gasteiger partial charge in [0.2, 0.25) is 5.91 Å². The van der Waals surface area contributed by atoms with Crippen molar-refractivity contribution in [2.75, 3.05) is 13.2 Å². The minimum atomic E-state index is -4.37. The van der Waals surface area contributed by atoms with Crippen molar-refractivity contribution in [1.29, 1.82) is 0 Å². The summed E-state index contributed by atoms with van der Waals surface area (Å²) in [5, 5.41) is 5.87. The van der Waals surface area contributed by atoms with Crippen LogP contribution in [-0.4, -0.2) is 19.1 Å². The molecule has 1 amide bonds. The van der Waals surface area contributed by atoms with E-state index >= 15 is 0 Å². The van der Waals surface area contributed by atoms with Gasteiger partial charge in [0.15, 0.2) is 0 Å². The summed E-state index contributed by atoms with van der Waals surface area (Å²) >= 11 is 0. The van der Waals surface area contributed by atoms with Gasteiger partial charge in [0.05, 0.1) is 5.56 Å². The smallest absolute Gasteiger partial charge is 0.416 e. The Labute approximate surface area is 143 Å². The molecular weight excluding hydrogens is 333 g/mol. The average Bonchev–Trinajstić information content (AvgIpc) is 2.82. The predicted octanol–water partition coefficient (Wildman–Crippen LogP) is 3.04. The lowest BCUT2D eigenvalue weighted by Gasteiger charge is -2.17. The third kappa shape index (κ3) is 4.11. The molecule has 25 heavy (non-hydrogen) atoms. The molecule has 2 aromatic rings. The van der Waals surface area contributed by atoms with Crippen molar-refractivity contribution in [3.8, 4) is 5.75 Å². The average molecular weight is 350 g/mol. The Bertz CT molecular complexity index is 745. The SMILES string of the molecule is O=C(NCc1ccc(C(F)(F)F)cc1)[C@H]1NCCOc2ccccc21. The van der Waals surface area contributed by atoms with Crippen LogP contribution in [0.1, 0.15) is 22.7 Å². The zero-order chi connectivity index (χ0) is 17.9. The maximum absolute atomic E-state index is 12.6. The number of carbonyl (C=O) groups excluding carboxylic acids is 1. The first-order chi connectivity index (χ1) is 11.9. The maximum Gasteiger partial charge on any atom is 0.416 e. The van der Waals surface area contributed by atoms with Crippen LogP contribution in [0.25, 0.3) is 0 Å². The molecule has 0 fully saturated rings. The fourth-order valence-corrected chi connectivity index (χ4v) is 2.66. The van der Waals surface area contributed by atoms with Crippen LogP contribution in [0.5, 0.6) is 5.75 Å². The third-order valence-corrected chi connectivity index (χ3v) is 3.95. The second kappa shape index (κ2) is 7.14. The van der Waals surface area contributed by atoms with Gasteiger partial charge in [0.1, 0.15) is 18.4 Å². The molecule has 1 atom stereocenters.